The van der Waals surface area contributed by atoms with E-state index >= 15 is 0 Å². The predicted molar refractivity (Wildman–Crippen MR) is 60.0 cm³/mol. The van der Waals surface area contributed by atoms with Gasteiger partial charge in [0.05, 0.1) is 0 Å². The Labute approximate surface area is 90.7 Å². The van der Waals surface area contributed by atoms with Crippen molar-refractivity contribution >= 4 is 0 Å². The zero-order valence-corrected chi connectivity index (χ0v) is 9.34. The van der Waals surface area contributed by atoms with Crippen molar-refractivity contribution in [3.8, 4) is 0 Å². The molecular formula is C12H19N3. The van der Waals surface area contributed by atoms with Gasteiger partial charge < -0.3 is 10.3 Å². The van der Waals surface area contributed by atoms with Gasteiger partial charge in [0.25, 0.3) is 0 Å². The average molecular weight is 205 g/mol. The van der Waals surface area contributed by atoms with Crippen LogP contribution >= 0.6 is 0 Å². The van der Waals surface area contributed by atoms with Gasteiger partial charge in [-0.1, -0.05) is 6.92 Å². The molecule has 3 heteroatoms. The van der Waals surface area contributed by atoms with Crippen molar-refractivity contribution in [2.24, 2.45) is 0 Å². The van der Waals surface area contributed by atoms with E-state index in [-0.39, 0.29) is 0 Å². The molecule has 1 aliphatic carbocycles. The summed E-state index contributed by atoms with van der Waals surface area (Å²) in [6, 6.07) is 0. The zero-order chi connectivity index (χ0) is 10.3. The number of aromatic amines is 1. The summed E-state index contributed by atoms with van der Waals surface area (Å²) < 4.78 is 0. The first-order valence-corrected chi connectivity index (χ1v) is 6.04. The van der Waals surface area contributed by atoms with Gasteiger partial charge in [-0.25, -0.2) is 4.98 Å². The van der Waals surface area contributed by atoms with E-state index in [1.54, 1.807) is 0 Å². The Kier molecular flexibility index (Phi) is 2.09. The molecule has 0 radical (unpaired) electrons. The summed E-state index contributed by atoms with van der Waals surface area (Å²) in [5.74, 6) is 1.88. The van der Waals surface area contributed by atoms with Crippen molar-refractivity contribution in [1.29, 1.82) is 0 Å². The summed E-state index contributed by atoms with van der Waals surface area (Å²) in [5, 5.41) is 3.39. The van der Waals surface area contributed by atoms with Crippen LogP contribution < -0.4 is 5.32 Å². The van der Waals surface area contributed by atoms with E-state index in [1.165, 1.54) is 37.2 Å². The zero-order valence-electron chi connectivity index (χ0n) is 9.34. The Hall–Kier alpha value is -0.830. The number of aromatic nitrogens is 2. The summed E-state index contributed by atoms with van der Waals surface area (Å²) >= 11 is 0. The Bertz CT molecular complexity index is 346. The van der Waals surface area contributed by atoms with Crippen LogP contribution in [-0.2, 0) is 5.41 Å². The van der Waals surface area contributed by atoms with Gasteiger partial charge in [0.15, 0.2) is 0 Å². The number of imidazole rings is 1. The standard InChI is InChI=1S/C12H19N3/c1-12(4-5-12)10-8-14-11(15-10)9-2-6-13-7-3-9/h8-9,13H,2-7H2,1H3,(H,14,15). The van der Waals surface area contributed by atoms with Gasteiger partial charge in [-0.3, -0.25) is 0 Å². The molecule has 1 aliphatic heterocycles. The summed E-state index contributed by atoms with van der Waals surface area (Å²) in [6.45, 7) is 4.60. The molecular weight excluding hydrogens is 186 g/mol. The molecule has 0 bridgehead atoms. The Morgan fingerprint density at radius 3 is 2.73 bits per heavy atom. The monoisotopic (exact) mass is 205 g/mol. The predicted octanol–water partition coefficient (Wildman–Crippen LogP) is 1.93. The number of rotatable bonds is 2. The molecule has 15 heavy (non-hydrogen) atoms. The second kappa shape index (κ2) is 3.34. The van der Waals surface area contributed by atoms with Gasteiger partial charge in [0.1, 0.15) is 5.82 Å². The van der Waals surface area contributed by atoms with Crippen LogP contribution in [0.15, 0.2) is 6.20 Å². The van der Waals surface area contributed by atoms with Crippen LogP contribution in [0, 0.1) is 0 Å². The topological polar surface area (TPSA) is 40.7 Å². The number of piperidine rings is 1. The molecule has 0 unspecified atom stereocenters. The third-order valence-electron chi connectivity index (χ3n) is 3.97. The third-order valence-corrected chi connectivity index (χ3v) is 3.97. The second-order valence-electron chi connectivity index (χ2n) is 5.27. The number of H-pyrrole nitrogens is 1. The van der Waals surface area contributed by atoms with E-state index in [1.807, 2.05) is 0 Å². The van der Waals surface area contributed by atoms with Crippen molar-refractivity contribution in [3.05, 3.63) is 17.7 Å². The number of nitrogens with one attached hydrogen (secondary N) is 2. The van der Waals surface area contributed by atoms with Crippen molar-refractivity contribution in [1.82, 2.24) is 15.3 Å². The van der Waals surface area contributed by atoms with Gasteiger partial charge in [0.2, 0.25) is 0 Å². The molecule has 1 saturated heterocycles. The van der Waals surface area contributed by atoms with E-state index in [2.05, 4.69) is 28.4 Å². The molecule has 0 atom stereocenters. The van der Waals surface area contributed by atoms with E-state index in [4.69, 9.17) is 0 Å². The molecule has 0 amide bonds. The molecule has 82 valence electrons. The molecule has 1 aromatic heterocycles. The first kappa shape index (κ1) is 9.40. The Morgan fingerprint density at radius 1 is 1.33 bits per heavy atom. The molecule has 1 saturated carbocycles. The summed E-state index contributed by atoms with van der Waals surface area (Å²) in [6.07, 6.45) is 7.15. The van der Waals surface area contributed by atoms with Crippen LogP contribution in [0.1, 0.15) is 50.0 Å². The molecule has 2 fully saturated rings. The van der Waals surface area contributed by atoms with Crippen LogP contribution in [0.2, 0.25) is 0 Å². The molecule has 3 rings (SSSR count). The van der Waals surface area contributed by atoms with Gasteiger partial charge in [-0.05, 0) is 38.8 Å². The van der Waals surface area contributed by atoms with Crippen molar-refractivity contribution in [2.75, 3.05) is 13.1 Å². The van der Waals surface area contributed by atoms with Crippen LogP contribution in [0.4, 0.5) is 0 Å². The van der Waals surface area contributed by atoms with Crippen molar-refractivity contribution in [2.45, 2.75) is 43.9 Å². The van der Waals surface area contributed by atoms with E-state index < -0.39 is 0 Å². The fourth-order valence-corrected chi connectivity index (χ4v) is 2.40. The van der Waals surface area contributed by atoms with Crippen LogP contribution in [-0.4, -0.2) is 23.1 Å². The maximum Gasteiger partial charge on any atom is 0.109 e. The molecule has 2 aliphatic rings. The van der Waals surface area contributed by atoms with Gasteiger partial charge in [-0.15, -0.1) is 0 Å². The Morgan fingerprint density at radius 2 is 2.07 bits per heavy atom. The van der Waals surface area contributed by atoms with Gasteiger partial charge in [0, 0.05) is 23.2 Å². The fraction of sp³-hybridized carbons (Fsp3) is 0.750. The highest BCUT2D eigenvalue weighted by Gasteiger charge is 2.40. The van der Waals surface area contributed by atoms with Crippen LogP contribution in [0.3, 0.4) is 0 Å². The first-order valence-electron chi connectivity index (χ1n) is 6.04. The smallest absolute Gasteiger partial charge is 0.109 e. The van der Waals surface area contributed by atoms with Crippen molar-refractivity contribution < 1.29 is 0 Å². The molecule has 0 spiro atoms. The quantitative estimate of drug-likeness (QED) is 0.774. The lowest BCUT2D eigenvalue weighted by Crippen LogP contribution is -2.27. The summed E-state index contributed by atoms with van der Waals surface area (Å²) in [5.41, 5.74) is 1.79. The molecule has 1 aromatic rings. The maximum absolute atomic E-state index is 4.56. The highest BCUT2D eigenvalue weighted by molar-refractivity contribution is 5.22. The molecule has 2 N–H and O–H groups in total. The summed E-state index contributed by atoms with van der Waals surface area (Å²) in [7, 11) is 0. The molecule has 3 nitrogen and oxygen atoms in total. The van der Waals surface area contributed by atoms with E-state index in [9.17, 15) is 0 Å². The lowest BCUT2D eigenvalue weighted by molar-refractivity contribution is 0.446. The largest absolute Gasteiger partial charge is 0.345 e. The number of nitrogens with zero attached hydrogens (tertiary/aromatic N) is 1. The minimum absolute atomic E-state index is 0.429. The first-order chi connectivity index (χ1) is 7.28. The van der Waals surface area contributed by atoms with E-state index in [0.717, 1.165) is 13.1 Å². The minimum Gasteiger partial charge on any atom is -0.345 e. The highest BCUT2D eigenvalue weighted by Crippen LogP contribution is 2.46. The Balaban J connectivity index is 1.77. The lowest BCUT2D eigenvalue weighted by Gasteiger charge is -2.20. The summed E-state index contributed by atoms with van der Waals surface area (Å²) in [4.78, 5) is 8.11. The second-order valence-corrected chi connectivity index (χ2v) is 5.27. The normalized spacial score (nSPS) is 25.4. The lowest BCUT2D eigenvalue weighted by atomic mass is 9.97. The van der Waals surface area contributed by atoms with E-state index in [0.29, 0.717) is 11.3 Å². The third kappa shape index (κ3) is 1.69. The number of hydrogen-bond acceptors (Lipinski definition) is 2. The van der Waals surface area contributed by atoms with Crippen molar-refractivity contribution in [3.63, 3.8) is 0 Å². The average Bonchev–Trinajstić information content (AvgIpc) is 2.85. The number of hydrogen-bond donors (Lipinski definition) is 2. The van der Waals surface area contributed by atoms with Gasteiger partial charge >= 0.3 is 0 Å². The molecule has 0 aromatic carbocycles. The minimum atomic E-state index is 0.429. The van der Waals surface area contributed by atoms with Crippen LogP contribution in [0.25, 0.3) is 0 Å². The molecule has 2 heterocycles. The van der Waals surface area contributed by atoms with Crippen LogP contribution in [0.5, 0.6) is 0 Å². The highest BCUT2D eigenvalue weighted by atomic mass is 15.0. The maximum atomic E-state index is 4.56. The fourth-order valence-electron chi connectivity index (χ4n) is 2.40. The van der Waals surface area contributed by atoms with Gasteiger partial charge in [-0.2, -0.15) is 0 Å². The SMILES string of the molecule is CC1(c2cnc(C3CCNCC3)[nH]2)CC1.